The summed E-state index contributed by atoms with van der Waals surface area (Å²) in [6.45, 7) is 10.1. The van der Waals surface area contributed by atoms with Gasteiger partial charge in [-0.05, 0) is 27.7 Å². The number of carbonyl (C=O) groups excluding carboxylic acids is 2. The SMILES string of the molecule is CCOC(=O)CC(C)NCCC(=O)N(CC)CC. The van der Waals surface area contributed by atoms with E-state index >= 15 is 0 Å². The highest BCUT2D eigenvalue weighted by Gasteiger charge is 2.12. The standard InChI is InChI=1S/C13H26N2O3/c1-5-15(6-2)12(16)8-9-14-11(4)10-13(17)18-7-3/h11,14H,5-10H2,1-4H3. The molecule has 0 rings (SSSR count). The van der Waals surface area contributed by atoms with Gasteiger partial charge in [-0.25, -0.2) is 0 Å². The average Bonchev–Trinajstić information content (AvgIpc) is 2.30. The lowest BCUT2D eigenvalue weighted by molar-refractivity contribution is -0.143. The summed E-state index contributed by atoms with van der Waals surface area (Å²) in [5.41, 5.74) is 0. The first kappa shape index (κ1) is 16.9. The van der Waals surface area contributed by atoms with Crippen LogP contribution >= 0.6 is 0 Å². The third-order valence-corrected chi connectivity index (χ3v) is 2.73. The van der Waals surface area contributed by atoms with Crippen LogP contribution in [-0.4, -0.2) is 49.1 Å². The minimum Gasteiger partial charge on any atom is -0.466 e. The summed E-state index contributed by atoms with van der Waals surface area (Å²) in [5.74, 6) is -0.0524. The molecular weight excluding hydrogens is 232 g/mol. The van der Waals surface area contributed by atoms with E-state index in [9.17, 15) is 9.59 Å². The van der Waals surface area contributed by atoms with Crippen LogP contribution in [0.2, 0.25) is 0 Å². The van der Waals surface area contributed by atoms with E-state index in [2.05, 4.69) is 5.32 Å². The van der Waals surface area contributed by atoms with E-state index in [1.165, 1.54) is 0 Å². The molecule has 1 N–H and O–H groups in total. The molecule has 5 heteroatoms. The first-order valence-electron chi connectivity index (χ1n) is 6.71. The van der Waals surface area contributed by atoms with Crippen LogP contribution < -0.4 is 5.32 Å². The van der Waals surface area contributed by atoms with Gasteiger partial charge >= 0.3 is 5.97 Å². The van der Waals surface area contributed by atoms with Crippen molar-refractivity contribution in [2.75, 3.05) is 26.2 Å². The number of nitrogens with zero attached hydrogens (tertiary/aromatic N) is 1. The zero-order valence-corrected chi connectivity index (χ0v) is 12.0. The van der Waals surface area contributed by atoms with Crippen molar-refractivity contribution in [3.05, 3.63) is 0 Å². The van der Waals surface area contributed by atoms with E-state index in [4.69, 9.17) is 4.74 Å². The van der Waals surface area contributed by atoms with Crippen molar-refractivity contribution in [3.63, 3.8) is 0 Å². The first-order chi connectivity index (χ1) is 8.54. The van der Waals surface area contributed by atoms with Crippen molar-refractivity contribution >= 4 is 11.9 Å². The molecule has 1 atom stereocenters. The highest BCUT2D eigenvalue weighted by molar-refractivity contribution is 5.76. The molecule has 0 heterocycles. The Bertz CT molecular complexity index is 253. The lowest BCUT2D eigenvalue weighted by atomic mass is 10.2. The monoisotopic (exact) mass is 258 g/mol. The average molecular weight is 258 g/mol. The number of carbonyl (C=O) groups is 2. The van der Waals surface area contributed by atoms with E-state index in [1.54, 1.807) is 11.8 Å². The molecule has 0 aromatic rings. The Morgan fingerprint density at radius 2 is 1.83 bits per heavy atom. The maximum atomic E-state index is 11.7. The molecule has 0 saturated heterocycles. The molecule has 0 radical (unpaired) electrons. The molecule has 106 valence electrons. The second-order valence-corrected chi connectivity index (χ2v) is 4.18. The molecular formula is C13H26N2O3. The molecule has 18 heavy (non-hydrogen) atoms. The van der Waals surface area contributed by atoms with Gasteiger partial charge in [0.15, 0.2) is 0 Å². The largest absolute Gasteiger partial charge is 0.466 e. The Morgan fingerprint density at radius 3 is 2.33 bits per heavy atom. The zero-order valence-electron chi connectivity index (χ0n) is 12.0. The number of esters is 1. The molecule has 1 amide bonds. The van der Waals surface area contributed by atoms with Crippen LogP contribution in [0.3, 0.4) is 0 Å². The zero-order chi connectivity index (χ0) is 14.0. The molecule has 0 saturated carbocycles. The predicted octanol–water partition coefficient (Wildman–Crippen LogP) is 1.18. The third kappa shape index (κ3) is 7.27. The van der Waals surface area contributed by atoms with Gasteiger partial charge in [-0.2, -0.15) is 0 Å². The fraction of sp³-hybridized carbons (Fsp3) is 0.846. The molecule has 0 aromatic carbocycles. The Labute approximate surface area is 110 Å². The van der Waals surface area contributed by atoms with Crippen molar-refractivity contribution in [2.24, 2.45) is 0 Å². The predicted molar refractivity (Wildman–Crippen MR) is 71.3 cm³/mol. The van der Waals surface area contributed by atoms with Gasteiger partial charge in [-0.15, -0.1) is 0 Å². The van der Waals surface area contributed by atoms with Crippen LogP contribution in [0, 0.1) is 0 Å². The molecule has 0 aromatic heterocycles. The quantitative estimate of drug-likeness (QED) is 0.631. The second kappa shape index (κ2) is 9.88. The third-order valence-electron chi connectivity index (χ3n) is 2.73. The highest BCUT2D eigenvalue weighted by Crippen LogP contribution is 1.96. The highest BCUT2D eigenvalue weighted by atomic mass is 16.5. The van der Waals surface area contributed by atoms with Crippen LogP contribution in [0.5, 0.6) is 0 Å². The van der Waals surface area contributed by atoms with Crippen molar-refractivity contribution in [1.82, 2.24) is 10.2 Å². The van der Waals surface area contributed by atoms with Gasteiger partial charge < -0.3 is 15.0 Å². The first-order valence-corrected chi connectivity index (χ1v) is 6.71. The molecule has 0 spiro atoms. The smallest absolute Gasteiger partial charge is 0.307 e. The van der Waals surface area contributed by atoms with Gasteiger partial charge in [-0.1, -0.05) is 0 Å². The Morgan fingerprint density at radius 1 is 1.22 bits per heavy atom. The van der Waals surface area contributed by atoms with E-state index < -0.39 is 0 Å². The van der Waals surface area contributed by atoms with Gasteiger partial charge in [0.05, 0.1) is 13.0 Å². The Hall–Kier alpha value is -1.10. The summed E-state index contributed by atoms with van der Waals surface area (Å²) in [6, 6.07) is 0.0357. The normalized spacial score (nSPS) is 12.0. The minimum absolute atomic E-state index is 0.0357. The Balaban J connectivity index is 3.76. The fourth-order valence-electron chi connectivity index (χ4n) is 1.70. The summed E-state index contributed by atoms with van der Waals surface area (Å²) < 4.78 is 4.86. The maximum Gasteiger partial charge on any atom is 0.307 e. The van der Waals surface area contributed by atoms with Gasteiger partial charge in [0.1, 0.15) is 0 Å². The summed E-state index contributed by atoms with van der Waals surface area (Å²) in [5, 5.41) is 3.16. The van der Waals surface area contributed by atoms with Crippen LogP contribution in [0.1, 0.15) is 40.5 Å². The summed E-state index contributed by atoms with van der Waals surface area (Å²) in [4.78, 5) is 24.7. The van der Waals surface area contributed by atoms with Crippen LogP contribution in [0.4, 0.5) is 0 Å². The van der Waals surface area contributed by atoms with E-state index in [1.807, 2.05) is 20.8 Å². The number of hydrogen-bond donors (Lipinski definition) is 1. The number of ether oxygens (including phenoxy) is 1. The second-order valence-electron chi connectivity index (χ2n) is 4.18. The topological polar surface area (TPSA) is 58.6 Å². The van der Waals surface area contributed by atoms with E-state index in [0.29, 0.717) is 26.0 Å². The minimum atomic E-state index is -0.201. The molecule has 0 aliphatic rings. The van der Waals surface area contributed by atoms with E-state index in [0.717, 1.165) is 13.1 Å². The molecule has 0 fully saturated rings. The van der Waals surface area contributed by atoms with Crippen molar-refractivity contribution < 1.29 is 14.3 Å². The fourth-order valence-corrected chi connectivity index (χ4v) is 1.70. The van der Waals surface area contributed by atoms with E-state index in [-0.39, 0.29) is 17.9 Å². The Kier molecular flexibility index (Phi) is 9.28. The van der Waals surface area contributed by atoms with Crippen LogP contribution in [0.25, 0.3) is 0 Å². The maximum absolute atomic E-state index is 11.7. The van der Waals surface area contributed by atoms with Gasteiger partial charge in [0.2, 0.25) is 5.91 Å². The summed E-state index contributed by atoms with van der Waals surface area (Å²) >= 11 is 0. The van der Waals surface area contributed by atoms with Crippen molar-refractivity contribution in [2.45, 2.75) is 46.6 Å². The number of nitrogens with one attached hydrogen (secondary N) is 1. The lowest BCUT2D eigenvalue weighted by Gasteiger charge is -2.19. The van der Waals surface area contributed by atoms with Crippen LogP contribution in [0.15, 0.2) is 0 Å². The molecule has 0 aliphatic heterocycles. The number of amides is 1. The van der Waals surface area contributed by atoms with Gasteiger partial charge in [0, 0.05) is 32.1 Å². The molecule has 1 unspecified atom stereocenters. The molecule has 0 aliphatic carbocycles. The van der Waals surface area contributed by atoms with Crippen molar-refractivity contribution in [1.29, 1.82) is 0 Å². The van der Waals surface area contributed by atoms with Crippen molar-refractivity contribution in [3.8, 4) is 0 Å². The lowest BCUT2D eigenvalue weighted by Crippen LogP contribution is -2.35. The van der Waals surface area contributed by atoms with Gasteiger partial charge in [-0.3, -0.25) is 9.59 Å². The van der Waals surface area contributed by atoms with Gasteiger partial charge in [0.25, 0.3) is 0 Å². The summed E-state index contributed by atoms with van der Waals surface area (Å²) in [7, 11) is 0. The van der Waals surface area contributed by atoms with Crippen LogP contribution in [-0.2, 0) is 14.3 Å². The molecule has 0 bridgehead atoms. The number of rotatable bonds is 9. The summed E-state index contributed by atoms with van der Waals surface area (Å²) in [6.07, 6.45) is 0.808. The number of hydrogen-bond acceptors (Lipinski definition) is 4. The molecule has 5 nitrogen and oxygen atoms in total.